The van der Waals surface area contributed by atoms with Gasteiger partial charge in [0, 0.05) is 35.2 Å². The van der Waals surface area contributed by atoms with E-state index in [1.165, 1.54) is 11.3 Å². The number of thiazole rings is 1. The van der Waals surface area contributed by atoms with Gasteiger partial charge in [-0.1, -0.05) is 53.5 Å². The van der Waals surface area contributed by atoms with E-state index in [0.29, 0.717) is 31.7 Å². The molecule has 0 unspecified atom stereocenters. The van der Waals surface area contributed by atoms with Crippen molar-refractivity contribution in [3.8, 4) is 33.0 Å². The van der Waals surface area contributed by atoms with Gasteiger partial charge in [0.2, 0.25) is 0 Å². The molecule has 2 N–H and O–H groups in total. The molecule has 0 radical (unpaired) electrons. The van der Waals surface area contributed by atoms with Crippen LogP contribution in [0.15, 0.2) is 66.0 Å². The van der Waals surface area contributed by atoms with Crippen molar-refractivity contribution in [3.05, 3.63) is 87.2 Å². The molecular formula is C29H25Cl2N3O3S. The Balaban J connectivity index is 1.39. The van der Waals surface area contributed by atoms with Crippen molar-refractivity contribution in [1.82, 2.24) is 15.2 Å². The van der Waals surface area contributed by atoms with E-state index < -0.39 is 5.97 Å². The van der Waals surface area contributed by atoms with Gasteiger partial charge in [0.15, 0.2) is 0 Å². The van der Waals surface area contributed by atoms with Crippen LogP contribution in [-0.4, -0.2) is 53.0 Å². The highest BCUT2D eigenvalue weighted by Gasteiger charge is 2.23. The lowest BCUT2D eigenvalue weighted by Gasteiger charge is -2.31. The quantitative estimate of drug-likeness (QED) is 0.263. The van der Waals surface area contributed by atoms with Gasteiger partial charge < -0.3 is 15.3 Å². The van der Waals surface area contributed by atoms with Crippen LogP contribution in [0.4, 0.5) is 0 Å². The van der Waals surface area contributed by atoms with E-state index in [4.69, 9.17) is 23.2 Å². The van der Waals surface area contributed by atoms with E-state index in [1.54, 1.807) is 48.5 Å². The fourth-order valence-electron chi connectivity index (χ4n) is 4.66. The summed E-state index contributed by atoms with van der Waals surface area (Å²) in [7, 11) is 1.85. The van der Waals surface area contributed by atoms with Crippen LogP contribution in [0.3, 0.4) is 0 Å². The predicted molar refractivity (Wildman–Crippen MR) is 153 cm³/mol. The molecule has 0 saturated carbocycles. The van der Waals surface area contributed by atoms with Gasteiger partial charge in [-0.2, -0.15) is 0 Å². The number of piperidine rings is 1. The summed E-state index contributed by atoms with van der Waals surface area (Å²) in [5.74, 6) is -1.06. The zero-order valence-electron chi connectivity index (χ0n) is 20.6. The fraction of sp³-hybridized carbons (Fsp3) is 0.207. The van der Waals surface area contributed by atoms with Crippen molar-refractivity contribution in [1.29, 1.82) is 0 Å². The maximum absolute atomic E-state index is 13.0. The fourth-order valence-corrected chi connectivity index (χ4v) is 5.78. The lowest BCUT2D eigenvalue weighted by atomic mass is 9.96. The van der Waals surface area contributed by atoms with E-state index in [1.807, 2.05) is 29.5 Å². The molecule has 1 saturated heterocycles. The first-order valence-corrected chi connectivity index (χ1v) is 13.8. The molecular weight excluding hydrogens is 541 g/mol. The molecule has 0 spiro atoms. The number of rotatable bonds is 6. The van der Waals surface area contributed by atoms with Crippen molar-refractivity contribution in [3.63, 3.8) is 0 Å². The molecule has 1 fully saturated rings. The van der Waals surface area contributed by atoms with Gasteiger partial charge in [0.1, 0.15) is 5.01 Å². The Morgan fingerprint density at radius 1 is 0.947 bits per heavy atom. The van der Waals surface area contributed by atoms with Gasteiger partial charge in [0.25, 0.3) is 5.91 Å². The van der Waals surface area contributed by atoms with E-state index >= 15 is 0 Å². The molecule has 6 nitrogen and oxygen atoms in total. The molecule has 0 aliphatic carbocycles. The predicted octanol–water partition coefficient (Wildman–Crippen LogP) is 6.97. The molecule has 194 valence electrons. The smallest absolute Gasteiger partial charge is 0.336 e. The topological polar surface area (TPSA) is 82.5 Å². The van der Waals surface area contributed by atoms with Gasteiger partial charge in [-0.05, 0) is 67.4 Å². The molecule has 4 aromatic rings. The number of amides is 1. The number of carboxylic acids is 1. The van der Waals surface area contributed by atoms with Crippen molar-refractivity contribution >= 4 is 46.4 Å². The summed E-state index contributed by atoms with van der Waals surface area (Å²) >= 11 is 13.6. The van der Waals surface area contributed by atoms with Crippen molar-refractivity contribution in [2.75, 3.05) is 20.1 Å². The van der Waals surface area contributed by atoms with Gasteiger partial charge in [0.05, 0.1) is 21.3 Å². The van der Waals surface area contributed by atoms with Gasteiger partial charge in [-0.15, -0.1) is 11.3 Å². The summed E-state index contributed by atoms with van der Waals surface area (Å²) in [6.45, 7) is 1.82. The SMILES string of the molecule is CN(C(=O)c1ccc(-c2ccc(-c3nc(-c4ccc(Cl)c(Cl)c4)cs3)cc2C(=O)O)cc1)C1CCNCC1. The van der Waals surface area contributed by atoms with Crippen LogP contribution in [0, 0.1) is 0 Å². The number of aromatic nitrogens is 1. The Morgan fingerprint density at radius 3 is 2.32 bits per heavy atom. The standard InChI is InChI=1S/C29H25Cl2N3O3S/c1-34(21-10-12-32-13-11-21)28(35)18-4-2-17(3-5-18)22-8-6-20(14-23(22)29(36)37)27-33-26(16-38-27)19-7-9-24(30)25(31)15-19/h2-9,14-16,21,32H,10-13H2,1H3,(H,36,37). The summed E-state index contributed by atoms with van der Waals surface area (Å²) in [6.07, 6.45) is 1.87. The average molecular weight is 567 g/mol. The summed E-state index contributed by atoms with van der Waals surface area (Å²) in [5.41, 5.74) is 4.33. The molecule has 1 aromatic heterocycles. The highest BCUT2D eigenvalue weighted by Crippen LogP contribution is 2.34. The van der Waals surface area contributed by atoms with Crippen molar-refractivity contribution in [2.45, 2.75) is 18.9 Å². The van der Waals surface area contributed by atoms with Crippen LogP contribution >= 0.6 is 34.5 Å². The second kappa shape index (κ2) is 11.3. The second-order valence-corrected chi connectivity index (χ2v) is 10.9. The number of carboxylic acid groups (broad SMARTS) is 1. The molecule has 3 aromatic carbocycles. The molecule has 5 rings (SSSR count). The Kier molecular flexibility index (Phi) is 7.81. The largest absolute Gasteiger partial charge is 0.478 e. The number of hydrogen-bond donors (Lipinski definition) is 2. The lowest BCUT2D eigenvalue weighted by Crippen LogP contribution is -2.43. The Hall–Kier alpha value is -3.23. The molecule has 1 aliphatic rings. The van der Waals surface area contributed by atoms with Gasteiger partial charge in [-0.3, -0.25) is 4.79 Å². The average Bonchev–Trinajstić information content (AvgIpc) is 3.44. The number of benzene rings is 3. The third-order valence-corrected chi connectivity index (χ3v) is 8.47. The molecule has 1 amide bonds. The maximum atomic E-state index is 13.0. The van der Waals surface area contributed by atoms with Crippen LogP contribution in [0.25, 0.3) is 33.0 Å². The van der Waals surface area contributed by atoms with Gasteiger partial charge in [-0.25, -0.2) is 9.78 Å². The van der Waals surface area contributed by atoms with Crippen LogP contribution in [0.2, 0.25) is 10.0 Å². The van der Waals surface area contributed by atoms with E-state index in [2.05, 4.69) is 10.3 Å². The molecule has 0 bridgehead atoms. The summed E-state index contributed by atoms with van der Waals surface area (Å²) < 4.78 is 0. The Labute approximate surface area is 234 Å². The Bertz CT molecular complexity index is 1500. The minimum atomic E-state index is -1.03. The second-order valence-electron chi connectivity index (χ2n) is 9.21. The van der Waals surface area contributed by atoms with Gasteiger partial charge >= 0.3 is 5.97 Å². The molecule has 1 aliphatic heterocycles. The molecule has 0 atom stereocenters. The third-order valence-electron chi connectivity index (χ3n) is 6.84. The molecule has 2 heterocycles. The first-order chi connectivity index (χ1) is 18.3. The van der Waals surface area contributed by atoms with E-state index in [-0.39, 0.29) is 17.5 Å². The summed E-state index contributed by atoms with van der Waals surface area (Å²) in [4.78, 5) is 31.7. The zero-order valence-corrected chi connectivity index (χ0v) is 22.9. The normalized spacial score (nSPS) is 13.9. The minimum Gasteiger partial charge on any atom is -0.478 e. The van der Waals surface area contributed by atoms with Crippen LogP contribution in [0.1, 0.15) is 33.6 Å². The van der Waals surface area contributed by atoms with Crippen molar-refractivity contribution in [2.24, 2.45) is 0 Å². The molecule has 9 heteroatoms. The number of nitrogens with one attached hydrogen (secondary N) is 1. The number of halogens is 2. The number of nitrogens with zero attached hydrogens (tertiary/aromatic N) is 2. The number of aromatic carboxylic acids is 1. The number of carbonyl (C=O) groups is 2. The van der Waals surface area contributed by atoms with Crippen LogP contribution < -0.4 is 5.32 Å². The first kappa shape index (κ1) is 26.4. The van der Waals surface area contributed by atoms with E-state index in [9.17, 15) is 14.7 Å². The van der Waals surface area contributed by atoms with E-state index in [0.717, 1.165) is 42.8 Å². The zero-order chi connectivity index (χ0) is 26.8. The van der Waals surface area contributed by atoms with Crippen molar-refractivity contribution < 1.29 is 14.7 Å². The van der Waals surface area contributed by atoms with Crippen LogP contribution in [0.5, 0.6) is 0 Å². The van der Waals surface area contributed by atoms with Crippen LogP contribution in [-0.2, 0) is 0 Å². The highest BCUT2D eigenvalue weighted by atomic mass is 35.5. The monoisotopic (exact) mass is 565 g/mol. The first-order valence-electron chi connectivity index (χ1n) is 12.2. The summed E-state index contributed by atoms with van der Waals surface area (Å²) in [6, 6.07) is 18.0. The number of hydrogen-bond acceptors (Lipinski definition) is 5. The third kappa shape index (κ3) is 5.47. The Morgan fingerprint density at radius 2 is 1.63 bits per heavy atom. The summed E-state index contributed by atoms with van der Waals surface area (Å²) in [5, 5.41) is 16.8. The highest BCUT2D eigenvalue weighted by molar-refractivity contribution is 7.13. The molecule has 38 heavy (non-hydrogen) atoms. The lowest BCUT2D eigenvalue weighted by molar-refractivity contribution is 0.0690. The number of carbonyl (C=O) groups excluding carboxylic acids is 1. The minimum absolute atomic E-state index is 0.0289. The maximum Gasteiger partial charge on any atom is 0.336 e.